The standard InChI is InChI=1S/C25H29N3O5S/c1-16-7-14-22(34(31,32)27(5)6)15-23(16)26-24(29)19(4)33-25(30)20-10-12-21(13-11-20)28-17(2)8-9-18(28)3/h7-15,19H,1-6H3,(H,26,29). The molecule has 0 saturated carbocycles. The van der Waals surface area contributed by atoms with E-state index in [1.807, 2.05) is 38.1 Å². The molecule has 1 amide bonds. The van der Waals surface area contributed by atoms with E-state index in [0.717, 1.165) is 21.4 Å². The first-order valence-electron chi connectivity index (χ1n) is 10.7. The highest BCUT2D eigenvalue weighted by molar-refractivity contribution is 7.89. The first-order chi connectivity index (χ1) is 15.9. The van der Waals surface area contributed by atoms with Gasteiger partial charge in [-0.05, 0) is 81.8 Å². The number of amides is 1. The molecule has 9 heteroatoms. The van der Waals surface area contributed by atoms with Crippen molar-refractivity contribution in [2.24, 2.45) is 0 Å². The molecular formula is C25H29N3O5S. The Bertz CT molecular complexity index is 1310. The second-order valence-corrected chi connectivity index (χ2v) is 10.5. The summed E-state index contributed by atoms with van der Waals surface area (Å²) < 4.78 is 33.3. The highest BCUT2D eigenvalue weighted by atomic mass is 32.2. The van der Waals surface area contributed by atoms with Crippen molar-refractivity contribution < 1.29 is 22.7 Å². The number of hydrogen-bond acceptors (Lipinski definition) is 5. The van der Waals surface area contributed by atoms with Crippen molar-refractivity contribution in [2.45, 2.75) is 38.7 Å². The quantitative estimate of drug-likeness (QED) is 0.515. The summed E-state index contributed by atoms with van der Waals surface area (Å²) in [5.74, 6) is -1.19. The van der Waals surface area contributed by atoms with Crippen LogP contribution in [0.3, 0.4) is 0 Å². The molecule has 0 fully saturated rings. The number of aromatic nitrogens is 1. The van der Waals surface area contributed by atoms with E-state index in [2.05, 4.69) is 9.88 Å². The maximum atomic E-state index is 12.7. The monoisotopic (exact) mass is 483 g/mol. The highest BCUT2D eigenvalue weighted by Gasteiger charge is 2.22. The summed E-state index contributed by atoms with van der Waals surface area (Å²) >= 11 is 0. The van der Waals surface area contributed by atoms with Crippen LogP contribution < -0.4 is 5.32 Å². The van der Waals surface area contributed by atoms with E-state index in [1.165, 1.54) is 33.2 Å². The van der Waals surface area contributed by atoms with Gasteiger partial charge >= 0.3 is 5.97 Å². The molecule has 1 heterocycles. The van der Waals surface area contributed by atoms with Gasteiger partial charge in [0.1, 0.15) is 0 Å². The van der Waals surface area contributed by atoms with E-state index < -0.39 is 28.0 Å². The Morgan fingerprint density at radius 2 is 1.53 bits per heavy atom. The Morgan fingerprint density at radius 1 is 0.941 bits per heavy atom. The van der Waals surface area contributed by atoms with Gasteiger partial charge in [0, 0.05) is 36.9 Å². The zero-order chi connectivity index (χ0) is 25.2. The van der Waals surface area contributed by atoms with Crippen LogP contribution in [0.15, 0.2) is 59.5 Å². The molecule has 2 aromatic carbocycles. The van der Waals surface area contributed by atoms with Crippen LogP contribution in [0.4, 0.5) is 5.69 Å². The number of nitrogens with zero attached hydrogens (tertiary/aromatic N) is 2. The fourth-order valence-electron chi connectivity index (χ4n) is 3.45. The number of benzene rings is 2. The maximum absolute atomic E-state index is 12.7. The Kier molecular flexibility index (Phi) is 7.28. The summed E-state index contributed by atoms with van der Waals surface area (Å²) in [6.07, 6.45) is -1.09. The van der Waals surface area contributed by atoms with Crippen molar-refractivity contribution >= 4 is 27.6 Å². The van der Waals surface area contributed by atoms with Gasteiger partial charge in [0.15, 0.2) is 6.10 Å². The van der Waals surface area contributed by atoms with Crippen molar-refractivity contribution in [2.75, 3.05) is 19.4 Å². The summed E-state index contributed by atoms with van der Waals surface area (Å²) in [4.78, 5) is 25.3. The number of sulfonamides is 1. The maximum Gasteiger partial charge on any atom is 0.338 e. The average molecular weight is 484 g/mol. The van der Waals surface area contributed by atoms with E-state index in [0.29, 0.717) is 16.8 Å². The second kappa shape index (κ2) is 9.82. The molecule has 3 aromatic rings. The molecule has 1 unspecified atom stereocenters. The lowest BCUT2D eigenvalue weighted by Gasteiger charge is -2.17. The lowest BCUT2D eigenvalue weighted by atomic mass is 10.2. The van der Waals surface area contributed by atoms with Gasteiger partial charge < -0.3 is 14.6 Å². The molecule has 0 bridgehead atoms. The highest BCUT2D eigenvalue weighted by Crippen LogP contribution is 2.23. The van der Waals surface area contributed by atoms with Crippen LogP contribution in [-0.4, -0.2) is 49.4 Å². The van der Waals surface area contributed by atoms with Gasteiger partial charge in [0.2, 0.25) is 10.0 Å². The third-order valence-electron chi connectivity index (χ3n) is 5.53. The van der Waals surface area contributed by atoms with Crippen molar-refractivity contribution in [1.29, 1.82) is 0 Å². The molecule has 1 N–H and O–H groups in total. The van der Waals surface area contributed by atoms with Gasteiger partial charge in [0.05, 0.1) is 10.5 Å². The molecule has 180 valence electrons. The van der Waals surface area contributed by atoms with Crippen LogP contribution in [0.25, 0.3) is 5.69 Å². The number of carbonyl (C=O) groups is 2. The minimum Gasteiger partial charge on any atom is -0.449 e. The van der Waals surface area contributed by atoms with Crippen LogP contribution in [-0.2, 0) is 19.6 Å². The second-order valence-electron chi connectivity index (χ2n) is 8.30. The molecular weight excluding hydrogens is 454 g/mol. The number of ether oxygens (including phenoxy) is 1. The topological polar surface area (TPSA) is 97.7 Å². The molecule has 8 nitrogen and oxygen atoms in total. The summed E-state index contributed by atoms with van der Waals surface area (Å²) in [7, 11) is -0.792. The zero-order valence-corrected chi connectivity index (χ0v) is 20.9. The Labute approximate surface area is 200 Å². The SMILES string of the molecule is Cc1ccc(S(=O)(=O)N(C)C)cc1NC(=O)C(C)OC(=O)c1ccc(-n2c(C)ccc2C)cc1. The summed E-state index contributed by atoms with van der Waals surface area (Å²) in [6, 6.07) is 15.5. The van der Waals surface area contributed by atoms with Crippen LogP contribution in [0.5, 0.6) is 0 Å². The molecule has 0 aliphatic rings. The first-order valence-corrected chi connectivity index (χ1v) is 12.2. The predicted octanol–water partition coefficient (Wildman–Crippen LogP) is 3.84. The average Bonchev–Trinajstić information content (AvgIpc) is 3.12. The van der Waals surface area contributed by atoms with Gasteiger partial charge in [-0.1, -0.05) is 6.07 Å². The summed E-state index contributed by atoms with van der Waals surface area (Å²) in [6.45, 7) is 7.21. The number of hydrogen-bond donors (Lipinski definition) is 1. The molecule has 0 aliphatic heterocycles. The zero-order valence-electron chi connectivity index (χ0n) is 20.1. The van der Waals surface area contributed by atoms with E-state index in [4.69, 9.17) is 4.74 Å². The molecule has 34 heavy (non-hydrogen) atoms. The minimum atomic E-state index is -3.66. The molecule has 0 aliphatic carbocycles. The van der Waals surface area contributed by atoms with Crippen molar-refractivity contribution in [1.82, 2.24) is 8.87 Å². The lowest BCUT2D eigenvalue weighted by molar-refractivity contribution is -0.123. The minimum absolute atomic E-state index is 0.0521. The molecule has 0 saturated heterocycles. The largest absolute Gasteiger partial charge is 0.449 e. The third kappa shape index (κ3) is 5.21. The van der Waals surface area contributed by atoms with Crippen LogP contribution >= 0.6 is 0 Å². The van der Waals surface area contributed by atoms with Gasteiger partial charge in [-0.3, -0.25) is 4.79 Å². The van der Waals surface area contributed by atoms with E-state index in [-0.39, 0.29) is 4.90 Å². The number of aryl methyl sites for hydroxylation is 3. The Morgan fingerprint density at radius 3 is 2.09 bits per heavy atom. The molecule has 1 atom stereocenters. The van der Waals surface area contributed by atoms with Crippen molar-refractivity contribution in [3.63, 3.8) is 0 Å². The number of esters is 1. The normalized spacial score (nSPS) is 12.4. The molecule has 3 rings (SSSR count). The first kappa shape index (κ1) is 25.2. The van der Waals surface area contributed by atoms with Crippen LogP contribution in [0.1, 0.15) is 34.2 Å². The van der Waals surface area contributed by atoms with Gasteiger partial charge in [-0.15, -0.1) is 0 Å². The van der Waals surface area contributed by atoms with E-state index >= 15 is 0 Å². The Hall–Kier alpha value is -3.43. The van der Waals surface area contributed by atoms with Crippen LogP contribution in [0.2, 0.25) is 0 Å². The van der Waals surface area contributed by atoms with Crippen molar-refractivity contribution in [3.8, 4) is 5.69 Å². The number of rotatable bonds is 7. The molecule has 0 spiro atoms. The fourth-order valence-corrected chi connectivity index (χ4v) is 4.37. The smallest absolute Gasteiger partial charge is 0.338 e. The fraction of sp³-hybridized carbons (Fsp3) is 0.280. The molecule has 1 aromatic heterocycles. The third-order valence-corrected chi connectivity index (χ3v) is 7.34. The van der Waals surface area contributed by atoms with Gasteiger partial charge in [0.25, 0.3) is 5.91 Å². The number of anilines is 1. The number of carbonyl (C=O) groups excluding carboxylic acids is 2. The molecule has 0 radical (unpaired) electrons. The number of nitrogens with one attached hydrogen (secondary N) is 1. The summed E-state index contributed by atoms with van der Waals surface area (Å²) in [5.41, 5.74) is 4.41. The predicted molar refractivity (Wildman–Crippen MR) is 131 cm³/mol. The van der Waals surface area contributed by atoms with Gasteiger partial charge in [-0.2, -0.15) is 0 Å². The Balaban J connectivity index is 1.70. The van der Waals surface area contributed by atoms with Gasteiger partial charge in [-0.25, -0.2) is 17.5 Å². The van der Waals surface area contributed by atoms with E-state index in [1.54, 1.807) is 25.1 Å². The van der Waals surface area contributed by atoms with Crippen LogP contribution in [0, 0.1) is 20.8 Å². The lowest BCUT2D eigenvalue weighted by Crippen LogP contribution is -2.30. The summed E-state index contributed by atoms with van der Waals surface area (Å²) in [5, 5.41) is 2.66. The van der Waals surface area contributed by atoms with E-state index in [9.17, 15) is 18.0 Å². The van der Waals surface area contributed by atoms with Crippen molar-refractivity contribution in [3.05, 3.63) is 77.1 Å².